The number of nitrogens with zero attached hydrogens (tertiary/aromatic N) is 4. The van der Waals surface area contributed by atoms with Crippen LogP contribution in [0.5, 0.6) is 0 Å². The number of amides is 2. The summed E-state index contributed by atoms with van der Waals surface area (Å²) in [6, 6.07) is 4.25. The lowest BCUT2D eigenvalue weighted by atomic mass is 10.1. The highest BCUT2D eigenvalue weighted by molar-refractivity contribution is 6.00. The summed E-state index contributed by atoms with van der Waals surface area (Å²) in [7, 11) is 3.55. The second-order valence-electron chi connectivity index (χ2n) is 5.83. The van der Waals surface area contributed by atoms with Crippen molar-refractivity contribution in [2.75, 3.05) is 51.8 Å². The van der Waals surface area contributed by atoms with Gasteiger partial charge in [0.25, 0.3) is 11.6 Å². The van der Waals surface area contributed by atoms with Gasteiger partial charge in [-0.05, 0) is 13.0 Å². The Balaban J connectivity index is 2.17. The van der Waals surface area contributed by atoms with Crippen LogP contribution in [0.2, 0.25) is 0 Å². The van der Waals surface area contributed by atoms with Gasteiger partial charge in [0.2, 0.25) is 0 Å². The Kier molecular flexibility index (Phi) is 5.79. The van der Waals surface area contributed by atoms with Crippen LogP contribution < -0.4 is 4.90 Å². The zero-order valence-corrected chi connectivity index (χ0v) is 14.6. The molecule has 2 amide bonds. The van der Waals surface area contributed by atoms with Gasteiger partial charge < -0.3 is 19.4 Å². The van der Waals surface area contributed by atoms with Gasteiger partial charge in [-0.15, -0.1) is 0 Å². The Labute approximate surface area is 145 Å². The molecule has 0 saturated carbocycles. The molecule has 0 radical (unpaired) electrons. The first kappa shape index (κ1) is 18.5. The maximum Gasteiger partial charge on any atom is 0.409 e. The minimum Gasteiger partial charge on any atom is -0.450 e. The lowest BCUT2D eigenvalue weighted by Gasteiger charge is -2.34. The highest BCUT2D eigenvalue weighted by Gasteiger charge is 2.28. The van der Waals surface area contributed by atoms with E-state index in [9.17, 15) is 19.7 Å². The van der Waals surface area contributed by atoms with Gasteiger partial charge in [0.1, 0.15) is 0 Å². The standard InChI is InChI=1S/C16H22N4O5/c1-4-25-16(22)19-9-7-18(8-10-19)15(21)13-11-12(20(23)24)5-6-14(13)17(2)3/h5-6,11H,4,7-10H2,1-3H3. The number of carbonyl (C=O) groups excluding carboxylic acids is 2. The normalized spacial score (nSPS) is 14.2. The molecular formula is C16H22N4O5. The largest absolute Gasteiger partial charge is 0.450 e. The molecule has 0 atom stereocenters. The number of benzene rings is 1. The summed E-state index contributed by atoms with van der Waals surface area (Å²) in [5.41, 5.74) is 0.770. The number of piperazine rings is 1. The highest BCUT2D eigenvalue weighted by atomic mass is 16.6. The fourth-order valence-electron chi connectivity index (χ4n) is 2.68. The second kappa shape index (κ2) is 7.82. The first-order valence-corrected chi connectivity index (χ1v) is 8.02. The maximum absolute atomic E-state index is 12.8. The molecule has 0 bridgehead atoms. The van der Waals surface area contributed by atoms with Crippen LogP contribution in [0.25, 0.3) is 0 Å². The van der Waals surface area contributed by atoms with Crippen molar-refractivity contribution < 1.29 is 19.2 Å². The van der Waals surface area contributed by atoms with Crippen molar-refractivity contribution in [3.05, 3.63) is 33.9 Å². The van der Waals surface area contributed by atoms with Crippen LogP contribution in [0, 0.1) is 10.1 Å². The molecule has 1 fully saturated rings. The topological polar surface area (TPSA) is 96.2 Å². The van der Waals surface area contributed by atoms with Crippen LogP contribution in [0.1, 0.15) is 17.3 Å². The van der Waals surface area contributed by atoms with Gasteiger partial charge in [0.15, 0.2) is 0 Å². The average molecular weight is 350 g/mol. The number of nitro benzene ring substituents is 1. The molecule has 9 heteroatoms. The molecule has 0 aromatic heterocycles. The summed E-state index contributed by atoms with van der Waals surface area (Å²) in [6.07, 6.45) is -0.390. The Bertz CT molecular complexity index is 668. The van der Waals surface area contributed by atoms with E-state index in [1.54, 1.807) is 41.8 Å². The molecule has 0 spiro atoms. The molecule has 1 saturated heterocycles. The predicted octanol–water partition coefficient (Wildman–Crippen LogP) is 1.58. The minimum atomic E-state index is -0.519. The Morgan fingerprint density at radius 2 is 1.80 bits per heavy atom. The summed E-state index contributed by atoms with van der Waals surface area (Å²) in [5.74, 6) is -0.282. The zero-order chi connectivity index (χ0) is 18.6. The van der Waals surface area contributed by atoms with E-state index in [0.717, 1.165) is 0 Å². The number of anilines is 1. The third-order valence-electron chi connectivity index (χ3n) is 4.00. The van der Waals surface area contributed by atoms with Gasteiger partial charge in [-0.3, -0.25) is 14.9 Å². The van der Waals surface area contributed by atoms with Crippen molar-refractivity contribution in [1.29, 1.82) is 0 Å². The first-order valence-electron chi connectivity index (χ1n) is 8.02. The van der Waals surface area contributed by atoms with Crippen LogP contribution >= 0.6 is 0 Å². The maximum atomic E-state index is 12.8. The van der Waals surface area contributed by atoms with E-state index in [4.69, 9.17) is 4.74 Å². The van der Waals surface area contributed by atoms with Crippen LogP contribution in [0.4, 0.5) is 16.2 Å². The van der Waals surface area contributed by atoms with Crippen LogP contribution in [-0.2, 0) is 4.74 Å². The molecule has 0 aliphatic carbocycles. The van der Waals surface area contributed by atoms with Crippen molar-refractivity contribution in [2.45, 2.75) is 6.92 Å². The van der Waals surface area contributed by atoms with Crippen LogP contribution in [-0.4, -0.2) is 73.6 Å². The molecule has 0 N–H and O–H groups in total. The molecule has 2 rings (SSSR count). The van der Waals surface area contributed by atoms with Crippen molar-refractivity contribution >= 4 is 23.4 Å². The SMILES string of the molecule is CCOC(=O)N1CCN(C(=O)c2cc([N+](=O)[O-])ccc2N(C)C)CC1. The molecule has 25 heavy (non-hydrogen) atoms. The van der Waals surface area contributed by atoms with Gasteiger partial charge >= 0.3 is 6.09 Å². The third-order valence-corrected chi connectivity index (χ3v) is 4.00. The fraction of sp³-hybridized carbons (Fsp3) is 0.500. The lowest BCUT2D eigenvalue weighted by Crippen LogP contribution is -2.50. The molecule has 1 aliphatic rings. The van der Waals surface area contributed by atoms with Crippen molar-refractivity contribution in [3.63, 3.8) is 0 Å². The highest BCUT2D eigenvalue weighted by Crippen LogP contribution is 2.26. The van der Waals surface area contributed by atoms with Crippen molar-refractivity contribution in [3.8, 4) is 0 Å². The number of ether oxygens (including phenoxy) is 1. The minimum absolute atomic E-state index is 0.126. The molecule has 1 heterocycles. The zero-order valence-electron chi connectivity index (χ0n) is 14.6. The van der Waals surface area contributed by atoms with E-state index in [1.165, 1.54) is 12.1 Å². The van der Waals surface area contributed by atoms with Gasteiger partial charge in [-0.25, -0.2) is 4.79 Å². The Hall–Kier alpha value is -2.84. The molecule has 1 aromatic rings. The van der Waals surface area contributed by atoms with Crippen molar-refractivity contribution in [1.82, 2.24) is 9.80 Å². The van der Waals surface area contributed by atoms with Gasteiger partial charge in [-0.2, -0.15) is 0 Å². The molecule has 136 valence electrons. The summed E-state index contributed by atoms with van der Waals surface area (Å²) >= 11 is 0. The molecular weight excluding hydrogens is 328 g/mol. The first-order chi connectivity index (χ1) is 11.8. The van der Waals surface area contributed by atoms with Gasteiger partial charge in [0.05, 0.1) is 17.1 Å². The number of hydrogen-bond acceptors (Lipinski definition) is 6. The van der Waals surface area contributed by atoms with E-state index in [0.29, 0.717) is 38.5 Å². The summed E-state index contributed by atoms with van der Waals surface area (Å²) < 4.78 is 4.96. The Morgan fingerprint density at radius 1 is 1.20 bits per heavy atom. The second-order valence-corrected chi connectivity index (χ2v) is 5.83. The third kappa shape index (κ3) is 4.17. The van der Waals surface area contributed by atoms with Crippen molar-refractivity contribution in [2.24, 2.45) is 0 Å². The molecule has 9 nitrogen and oxygen atoms in total. The fourth-order valence-corrected chi connectivity index (χ4v) is 2.68. The van der Waals surface area contributed by atoms with Crippen LogP contribution in [0.15, 0.2) is 18.2 Å². The van der Waals surface area contributed by atoms with E-state index >= 15 is 0 Å². The quantitative estimate of drug-likeness (QED) is 0.604. The lowest BCUT2D eigenvalue weighted by molar-refractivity contribution is -0.384. The number of hydrogen-bond donors (Lipinski definition) is 0. The average Bonchev–Trinajstić information content (AvgIpc) is 2.60. The number of rotatable bonds is 4. The molecule has 1 aromatic carbocycles. The summed E-state index contributed by atoms with van der Waals surface area (Å²) in [6.45, 7) is 3.49. The predicted molar refractivity (Wildman–Crippen MR) is 91.9 cm³/mol. The van der Waals surface area contributed by atoms with E-state index in [2.05, 4.69) is 0 Å². The van der Waals surface area contributed by atoms with Crippen LogP contribution in [0.3, 0.4) is 0 Å². The van der Waals surface area contributed by atoms with E-state index < -0.39 is 4.92 Å². The van der Waals surface area contributed by atoms with Gasteiger partial charge in [-0.1, -0.05) is 0 Å². The van der Waals surface area contributed by atoms with Gasteiger partial charge in [0, 0.05) is 58.1 Å². The molecule has 1 aliphatic heterocycles. The summed E-state index contributed by atoms with van der Waals surface area (Å²) in [5, 5.41) is 11.0. The smallest absolute Gasteiger partial charge is 0.409 e. The summed E-state index contributed by atoms with van der Waals surface area (Å²) in [4.78, 5) is 40.0. The van der Waals surface area contributed by atoms with E-state index in [1.807, 2.05) is 0 Å². The van der Waals surface area contributed by atoms with E-state index in [-0.39, 0.29) is 23.3 Å². The molecule has 0 unspecified atom stereocenters. The monoisotopic (exact) mass is 350 g/mol. The number of carbonyl (C=O) groups is 2. The number of nitro groups is 1. The Morgan fingerprint density at radius 3 is 2.32 bits per heavy atom. The number of non-ortho nitro benzene ring substituents is 1.